The first-order valence-electron chi connectivity index (χ1n) is 10.1. The van der Waals surface area contributed by atoms with E-state index < -0.39 is 9.84 Å². The summed E-state index contributed by atoms with van der Waals surface area (Å²) in [5.74, 6) is 0. The lowest BCUT2D eigenvalue weighted by atomic mass is 10.2. The summed E-state index contributed by atoms with van der Waals surface area (Å²) in [6, 6.07) is 9.75. The highest BCUT2D eigenvalue weighted by Gasteiger charge is 2.22. The molecule has 0 saturated heterocycles. The number of nitrogens with zero attached hydrogens (tertiary/aromatic N) is 4. The molecule has 0 N–H and O–H groups in total. The quantitative estimate of drug-likeness (QED) is 0.326. The molecule has 0 fully saturated rings. The molecule has 31 heavy (non-hydrogen) atoms. The zero-order valence-electron chi connectivity index (χ0n) is 18.1. The van der Waals surface area contributed by atoms with Gasteiger partial charge in [-0.1, -0.05) is 0 Å². The van der Waals surface area contributed by atoms with Gasteiger partial charge in [0.25, 0.3) is 0 Å². The molecule has 0 aliphatic carbocycles. The number of rotatable bonds is 10. The molecule has 0 spiro atoms. The van der Waals surface area contributed by atoms with E-state index in [0.717, 1.165) is 37.6 Å². The van der Waals surface area contributed by atoms with Gasteiger partial charge in [0, 0.05) is 26.2 Å². The highest BCUT2D eigenvalue weighted by molar-refractivity contribution is 7.91. The van der Waals surface area contributed by atoms with Crippen LogP contribution < -0.4 is 9.80 Å². The van der Waals surface area contributed by atoms with E-state index in [2.05, 4.69) is 30.1 Å². The third kappa shape index (κ3) is 5.45. The van der Waals surface area contributed by atoms with Gasteiger partial charge >= 0.3 is 0 Å². The predicted octanol–water partition coefficient (Wildman–Crippen LogP) is 5.68. The van der Waals surface area contributed by atoms with E-state index in [4.69, 9.17) is 24.4 Å². The zero-order valence-corrected chi connectivity index (χ0v) is 20.6. The van der Waals surface area contributed by atoms with Gasteiger partial charge < -0.3 is 9.80 Å². The summed E-state index contributed by atoms with van der Waals surface area (Å²) in [5.41, 5.74) is 2.56. The van der Waals surface area contributed by atoms with Crippen molar-refractivity contribution in [3.8, 4) is 0 Å². The van der Waals surface area contributed by atoms with Gasteiger partial charge in [0.2, 0.25) is 9.84 Å². The zero-order chi connectivity index (χ0) is 23.0. The molecule has 2 aromatic rings. The lowest BCUT2D eigenvalue weighted by Crippen LogP contribution is -2.22. The molecule has 2 aromatic carbocycles. The van der Waals surface area contributed by atoms with E-state index in [1.807, 2.05) is 27.7 Å². The van der Waals surface area contributed by atoms with E-state index in [1.165, 1.54) is 12.1 Å². The van der Waals surface area contributed by atoms with Crippen molar-refractivity contribution in [3.05, 3.63) is 36.4 Å². The van der Waals surface area contributed by atoms with Gasteiger partial charge in [0.15, 0.2) is 0 Å². The largest absolute Gasteiger partial charge is 0.370 e. The molecule has 0 unspecified atom stereocenters. The first-order valence-corrected chi connectivity index (χ1v) is 12.4. The first-order chi connectivity index (χ1) is 14.9. The Kier molecular flexibility index (Phi) is 9.04. The lowest BCUT2D eigenvalue weighted by molar-refractivity contribution is 0.596. The number of anilines is 2. The minimum Gasteiger partial charge on any atom is -0.370 e. The Morgan fingerprint density at radius 3 is 1.39 bits per heavy atom. The van der Waals surface area contributed by atoms with Gasteiger partial charge in [-0.3, -0.25) is 0 Å². The maximum Gasteiger partial charge on any atom is 0.206 e. The van der Waals surface area contributed by atoms with Crippen LogP contribution in [-0.2, 0) is 9.84 Å². The summed E-state index contributed by atoms with van der Waals surface area (Å²) in [5, 5.41) is 4.70. The van der Waals surface area contributed by atoms with Crippen molar-refractivity contribution in [1.82, 2.24) is 0 Å². The summed E-state index contributed by atoms with van der Waals surface area (Å²) in [7, 11) is -3.81. The second kappa shape index (κ2) is 11.3. The summed E-state index contributed by atoms with van der Waals surface area (Å²) in [6.45, 7) is 11.1. The third-order valence-corrected chi connectivity index (χ3v) is 6.99. The SMILES string of the molecule is CCN(CC)c1ccc(S(=O)(=O)c2ccc(N(CC)CC)c(N=C=S)c2)cc1N=C=S. The molecule has 6 nitrogen and oxygen atoms in total. The van der Waals surface area contributed by atoms with Crippen LogP contribution >= 0.6 is 24.4 Å². The van der Waals surface area contributed by atoms with Crippen molar-refractivity contribution in [1.29, 1.82) is 0 Å². The van der Waals surface area contributed by atoms with Gasteiger partial charge in [0.1, 0.15) is 0 Å². The molecule has 0 atom stereocenters. The van der Waals surface area contributed by atoms with E-state index >= 15 is 0 Å². The molecule has 2 rings (SSSR count). The summed E-state index contributed by atoms with van der Waals surface area (Å²) >= 11 is 9.54. The first kappa shape index (κ1) is 24.9. The van der Waals surface area contributed by atoms with E-state index in [9.17, 15) is 8.42 Å². The molecule has 0 saturated carbocycles. The van der Waals surface area contributed by atoms with Crippen molar-refractivity contribution in [2.24, 2.45) is 9.98 Å². The molecule has 0 heterocycles. The third-order valence-electron chi connectivity index (χ3n) is 5.05. The lowest BCUT2D eigenvalue weighted by Gasteiger charge is -2.23. The van der Waals surface area contributed by atoms with Crippen molar-refractivity contribution in [2.45, 2.75) is 37.5 Å². The minimum absolute atomic E-state index is 0.125. The summed E-state index contributed by atoms with van der Waals surface area (Å²) in [6.07, 6.45) is 0. The Morgan fingerprint density at radius 2 is 1.10 bits per heavy atom. The maximum absolute atomic E-state index is 13.4. The number of isothiocyanates is 2. The Hall–Kier alpha value is -2.41. The number of hydrogen-bond acceptors (Lipinski definition) is 8. The second-order valence-corrected chi connectivity index (χ2v) is 8.87. The predicted molar refractivity (Wildman–Crippen MR) is 135 cm³/mol. The van der Waals surface area contributed by atoms with Crippen LogP contribution in [0.4, 0.5) is 22.7 Å². The van der Waals surface area contributed by atoms with Crippen LogP contribution in [0, 0.1) is 0 Å². The van der Waals surface area contributed by atoms with Crippen LogP contribution in [0.5, 0.6) is 0 Å². The number of thiocarbonyl (C=S) groups is 2. The summed E-state index contributed by atoms with van der Waals surface area (Å²) < 4.78 is 26.8. The standard InChI is InChI=1S/C22H26N4O2S3/c1-5-25(6-2)21-11-9-17(13-19(21)23-15-29)31(27,28)18-10-12-22(26(7-3)8-4)20(14-18)24-16-30/h9-14H,5-8H2,1-4H3. The van der Waals surface area contributed by atoms with Gasteiger partial charge in [-0.15, -0.1) is 0 Å². The van der Waals surface area contributed by atoms with Crippen LogP contribution in [0.3, 0.4) is 0 Å². The minimum atomic E-state index is -3.81. The average Bonchev–Trinajstić information content (AvgIpc) is 2.77. The normalized spacial score (nSPS) is 10.7. The maximum atomic E-state index is 13.4. The topological polar surface area (TPSA) is 65.3 Å². The fourth-order valence-electron chi connectivity index (χ4n) is 3.42. The number of hydrogen-bond donors (Lipinski definition) is 0. The second-order valence-electron chi connectivity index (χ2n) is 6.56. The number of sulfone groups is 1. The van der Waals surface area contributed by atoms with Gasteiger partial charge in [-0.2, -0.15) is 9.98 Å². The molecular formula is C22H26N4O2S3. The van der Waals surface area contributed by atoms with E-state index in [-0.39, 0.29) is 9.79 Å². The molecule has 0 aromatic heterocycles. The Morgan fingerprint density at radius 1 is 0.742 bits per heavy atom. The molecule has 0 amide bonds. The van der Waals surface area contributed by atoms with Crippen LogP contribution in [0.25, 0.3) is 0 Å². The highest BCUT2D eigenvalue weighted by Crippen LogP contribution is 2.36. The Bertz CT molecular complexity index is 1040. The molecule has 164 valence electrons. The van der Waals surface area contributed by atoms with Crippen molar-refractivity contribution >= 4 is 67.3 Å². The number of aliphatic imine (C=N–C) groups is 2. The van der Waals surface area contributed by atoms with Crippen LogP contribution in [-0.4, -0.2) is 44.9 Å². The van der Waals surface area contributed by atoms with Crippen molar-refractivity contribution < 1.29 is 8.42 Å². The molecule has 0 bridgehead atoms. The average molecular weight is 475 g/mol. The molecule has 0 radical (unpaired) electrons. The van der Waals surface area contributed by atoms with E-state index in [0.29, 0.717) is 11.4 Å². The van der Waals surface area contributed by atoms with Crippen LogP contribution in [0.2, 0.25) is 0 Å². The van der Waals surface area contributed by atoms with E-state index in [1.54, 1.807) is 24.3 Å². The molecule has 9 heteroatoms. The van der Waals surface area contributed by atoms with Crippen molar-refractivity contribution in [3.63, 3.8) is 0 Å². The monoisotopic (exact) mass is 474 g/mol. The van der Waals surface area contributed by atoms with Crippen LogP contribution in [0.1, 0.15) is 27.7 Å². The number of benzene rings is 2. The summed E-state index contributed by atoms with van der Waals surface area (Å²) in [4.78, 5) is 12.6. The highest BCUT2D eigenvalue weighted by atomic mass is 32.2. The van der Waals surface area contributed by atoms with Gasteiger partial charge in [-0.05, 0) is 88.5 Å². The van der Waals surface area contributed by atoms with Gasteiger partial charge in [0.05, 0.1) is 42.9 Å². The van der Waals surface area contributed by atoms with Crippen molar-refractivity contribution in [2.75, 3.05) is 36.0 Å². The van der Waals surface area contributed by atoms with Crippen LogP contribution in [0.15, 0.2) is 56.2 Å². The fourth-order valence-corrected chi connectivity index (χ4v) is 4.91. The fraction of sp³-hybridized carbons (Fsp3) is 0.364. The Balaban J connectivity index is 2.64. The van der Waals surface area contributed by atoms with Gasteiger partial charge in [-0.25, -0.2) is 8.42 Å². The smallest absolute Gasteiger partial charge is 0.206 e. The Labute approximate surface area is 195 Å². The molecular weight excluding hydrogens is 448 g/mol. The molecule has 0 aliphatic heterocycles. The molecule has 0 aliphatic rings.